The molecule has 2 aliphatic rings. The number of hydrogen-bond donors (Lipinski definition) is 2. The largest absolute Gasteiger partial charge is 0.489 e. The van der Waals surface area contributed by atoms with E-state index in [4.69, 9.17) is 16.3 Å². The number of aromatic amines is 1. The number of benzene rings is 2. The van der Waals surface area contributed by atoms with Crippen LogP contribution in [0.5, 0.6) is 5.75 Å². The van der Waals surface area contributed by atoms with Crippen LogP contribution in [-0.4, -0.2) is 49.5 Å². The molecular weight excluding hydrogens is 546 g/mol. The molecule has 2 aromatic carbocycles. The van der Waals surface area contributed by atoms with Gasteiger partial charge in [0.2, 0.25) is 11.8 Å². The zero-order valence-corrected chi connectivity index (χ0v) is 21.0. The molecule has 3 atom stereocenters. The number of nitro groups is 1. The van der Waals surface area contributed by atoms with Crippen molar-refractivity contribution < 1.29 is 29.2 Å². The number of aromatic nitrogens is 1. The van der Waals surface area contributed by atoms with Crippen molar-refractivity contribution in [3.8, 4) is 5.75 Å². The van der Waals surface area contributed by atoms with Crippen LogP contribution in [0.4, 0.5) is 5.69 Å². The maximum Gasteiger partial charge on any atom is 0.323 e. The molecule has 0 spiro atoms. The second-order valence-corrected chi connectivity index (χ2v) is 10.9. The third kappa shape index (κ3) is 4.61. The number of non-ortho nitro benzene ring substituents is 1. The smallest absolute Gasteiger partial charge is 0.323 e. The molecule has 3 heterocycles. The van der Waals surface area contributed by atoms with Gasteiger partial charge < -0.3 is 14.8 Å². The first-order chi connectivity index (χ1) is 17.6. The number of ether oxygens (including phenoxy) is 1. The Kier molecular flexibility index (Phi) is 6.52. The van der Waals surface area contributed by atoms with E-state index >= 15 is 0 Å². The summed E-state index contributed by atoms with van der Waals surface area (Å²) < 4.78 is 6.01. The molecule has 0 bridgehead atoms. The molecule has 11 nitrogen and oxygen atoms in total. The number of imide groups is 1. The number of thioether (sulfide) groups is 1. The van der Waals surface area contributed by atoms with Crippen LogP contribution in [0.25, 0.3) is 0 Å². The van der Waals surface area contributed by atoms with Gasteiger partial charge in [-0.05, 0) is 23.8 Å². The number of likely N-dealkylation sites (tertiary alicyclic amines) is 1. The van der Waals surface area contributed by atoms with Crippen LogP contribution in [0, 0.1) is 16.0 Å². The Labute approximate surface area is 221 Å². The van der Waals surface area contributed by atoms with E-state index in [0.717, 1.165) is 28.7 Å². The number of halogens is 1. The van der Waals surface area contributed by atoms with Crippen LogP contribution in [-0.2, 0) is 21.0 Å². The second kappa shape index (κ2) is 9.65. The lowest BCUT2D eigenvalue weighted by atomic mass is 9.82. The summed E-state index contributed by atoms with van der Waals surface area (Å²) in [6, 6.07) is 10.8. The minimum absolute atomic E-state index is 0.0508. The first-order valence-corrected chi connectivity index (χ1v) is 12.8. The number of carbonyl (C=O) groups is 3. The standard InChI is InChI=1S/C23H16ClN3O8S2/c24-11-3-1-2-10(6-11)9-35-14-5-4-12(27(33)34)7-13(14)16-17-19(36-20-18(16)37-23(32)25-20)22(31)26(21(17)30)8-15(28)29/h1-7,16-17,19H,8-9H2,(H,25,32)(H,28,29)/t16-,17?,19?/m1/s1. The van der Waals surface area contributed by atoms with E-state index in [-0.39, 0.29) is 23.6 Å². The fraction of sp³-hybridized carbons (Fsp3) is 0.217. The highest BCUT2D eigenvalue weighted by Gasteiger charge is 2.56. The van der Waals surface area contributed by atoms with Crippen LogP contribution >= 0.6 is 34.7 Å². The molecule has 1 aromatic heterocycles. The molecule has 0 saturated carbocycles. The number of carboxylic acids is 1. The summed E-state index contributed by atoms with van der Waals surface area (Å²) in [6.45, 7) is -0.760. The molecule has 5 rings (SSSR count). The van der Waals surface area contributed by atoms with Crippen LogP contribution in [0.2, 0.25) is 5.02 Å². The second-order valence-electron chi connectivity index (χ2n) is 8.30. The molecule has 190 valence electrons. The molecule has 1 fully saturated rings. The van der Waals surface area contributed by atoms with Crippen LogP contribution in [0.15, 0.2) is 52.3 Å². The van der Waals surface area contributed by atoms with Crippen molar-refractivity contribution in [2.75, 3.05) is 6.54 Å². The minimum Gasteiger partial charge on any atom is -0.489 e. The number of fused-ring (bicyclic) bond motifs is 2. The zero-order valence-electron chi connectivity index (χ0n) is 18.6. The quantitative estimate of drug-likeness (QED) is 0.251. The molecule has 14 heteroatoms. The van der Waals surface area contributed by atoms with Gasteiger partial charge in [0.05, 0.1) is 15.9 Å². The number of hydrogen-bond acceptors (Lipinski definition) is 9. The SMILES string of the molecule is O=C(O)CN1C(=O)C2Sc3[nH]c(=O)sc3[C@H](c3cc([N+](=O)[O-])ccc3OCc3cccc(Cl)c3)C2C1=O. The van der Waals surface area contributed by atoms with E-state index in [1.54, 1.807) is 24.3 Å². The monoisotopic (exact) mass is 561 g/mol. The molecule has 2 aliphatic heterocycles. The van der Waals surface area contributed by atoms with Gasteiger partial charge in [-0.1, -0.05) is 46.8 Å². The maximum atomic E-state index is 13.4. The summed E-state index contributed by atoms with van der Waals surface area (Å²) in [4.78, 5) is 64.4. The number of thiazole rings is 1. The number of H-pyrrole nitrogens is 1. The minimum atomic E-state index is -1.36. The molecule has 0 radical (unpaired) electrons. The van der Waals surface area contributed by atoms with E-state index in [9.17, 15) is 34.4 Å². The predicted molar refractivity (Wildman–Crippen MR) is 133 cm³/mol. The van der Waals surface area contributed by atoms with Gasteiger partial charge in [0.15, 0.2) is 0 Å². The highest BCUT2D eigenvalue weighted by atomic mass is 35.5. The molecule has 2 amide bonds. The summed E-state index contributed by atoms with van der Waals surface area (Å²) in [5.41, 5.74) is 0.686. The predicted octanol–water partition coefficient (Wildman–Crippen LogP) is 3.25. The van der Waals surface area contributed by atoms with Gasteiger partial charge in [-0.2, -0.15) is 0 Å². The summed E-state index contributed by atoms with van der Waals surface area (Å²) >= 11 is 7.86. The van der Waals surface area contributed by atoms with Gasteiger partial charge >= 0.3 is 10.8 Å². The van der Waals surface area contributed by atoms with Crippen LogP contribution in [0.1, 0.15) is 21.9 Å². The number of aliphatic carboxylic acids is 1. The lowest BCUT2D eigenvalue weighted by molar-refractivity contribution is -0.385. The van der Waals surface area contributed by atoms with Gasteiger partial charge in [0, 0.05) is 33.5 Å². The van der Waals surface area contributed by atoms with Crippen molar-refractivity contribution in [1.29, 1.82) is 0 Å². The topological polar surface area (TPSA) is 160 Å². The summed E-state index contributed by atoms with van der Waals surface area (Å²) in [6.07, 6.45) is 0. The lowest BCUT2D eigenvalue weighted by Gasteiger charge is -2.30. The number of nitrogens with one attached hydrogen (secondary N) is 1. The number of amides is 2. The number of carbonyl (C=O) groups excluding carboxylic acids is 2. The molecule has 1 saturated heterocycles. The highest BCUT2D eigenvalue weighted by Crippen LogP contribution is 2.54. The number of rotatable bonds is 7. The van der Waals surface area contributed by atoms with Gasteiger partial charge in [-0.15, -0.1) is 0 Å². The van der Waals surface area contributed by atoms with Crippen molar-refractivity contribution in [2.45, 2.75) is 22.8 Å². The number of nitrogens with zero attached hydrogens (tertiary/aromatic N) is 2. The zero-order chi connectivity index (χ0) is 26.4. The highest BCUT2D eigenvalue weighted by molar-refractivity contribution is 8.00. The Morgan fingerprint density at radius 1 is 1.19 bits per heavy atom. The summed E-state index contributed by atoms with van der Waals surface area (Å²) in [5.74, 6) is -4.62. The molecular formula is C23H16ClN3O8S2. The fourth-order valence-electron chi connectivity index (χ4n) is 4.51. The van der Waals surface area contributed by atoms with Crippen molar-refractivity contribution in [1.82, 2.24) is 9.88 Å². The van der Waals surface area contributed by atoms with Gasteiger partial charge in [-0.25, -0.2) is 0 Å². The summed E-state index contributed by atoms with van der Waals surface area (Å²) in [5, 5.41) is 20.7. The third-order valence-electron chi connectivity index (χ3n) is 6.03. The number of carboxylic acid groups (broad SMARTS) is 1. The van der Waals surface area contributed by atoms with Crippen molar-refractivity contribution >= 4 is 58.2 Å². The van der Waals surface area contributed by atoms with E-state index < -0.39 is 51.2 Å². The van der Waals surface area contributed by atoms with Crippen LogP contribution < -0.4 is 9.61 Å². The first-order valence-electron chi connectivity index (χ1n) is 10.8. The lowest BCUT2D eigenvalue weighted by Crippen LogP contribution is -2.36. The Morgan fingerprint density at radius 3 is 2.68 bits per heavy atom. The van der Waals surface area contributed by atoms with E-state index in [1.807, 2.05) is 0 Å². The van der Waals surface area contributed by atoms with Gasteiger partial charge in [-0.3, -0.25) is 34.2 Å². The summed E-state index contributed by atoms with van der Waals surface area (Å²) in [7, 11) is 0. The molecule has 37 heavy (non-hydrogen) atoms. The van der Waals surface area contributed by atoms with E-state index in [1.165, 1.54) is 18.2 Å². The maximum absolute atomic E-state index is 13.4. The van der Waals surface area contributed by atoms with E-state index in [2.05, 4.69) is 4.98 Å². The molecule has 3 aromatic rings. The average Bonchev–Trinajstić information content (AvgIpc) is 3.33. The number of nitro benzene ring substituents is 1. The van der Waals surface area contributed by atoms with Gasteiger partial charge in [0.1, 0.15) is 24.2 Å². The normalized spacial score (nSPS) is 20.5. The first kappa shape index (κ1) is 25.0. The fourth-order valence-corrected chi connectivity index (χ4v) is 7.25. The Hall–Kier alpha value is -3.68. The van der Waals surface area contributed by atoms with Gasteiger partial charge in [0.25, 0.3) is 5.69 Å². The third-order valence-corrected chi connectivity index (χ3v) is 8.67. The van der Waals surface area contributed by atoms with Crippen molar-refractivity contribution in [2.24, 2.45) is 5.92 Å². The molecule has 2 unspecified atom stereocenters. The Bertz CT molecular complexity index is 1520. The van der Waals surface area contributed by atoms with E-state index in [0.29, 0.717) is 19.8 Å². The van der Waals surface area contributed by atoms with Crippen molar-refractivity contribution in [3.05, 3.63) is 83.3 Å². The van der Waals surface area contributed by atoms with Crippen LogP contribution in [0.3, 0.4) is 0 Å². The van der Waals surface area contributed by atoms with Crippen molar-refractivity contribution in [3.63, 3.8) is 0 Å². The Morgan fingerprint density at radius 2 is 1.97 bits per heavy atom. The molecule has 2 N–H and O–H groups in total. The molecule has 0 aliphatic carbocycles. The Balaban J connectivity index is 1.63. The average molecular weight is 562 g/mol.